The molecule has 1 N–H and O–H groups in total. The Morgan fingerprint density at radius 2 is 1.68 bits per heavy atom. The van der Waals surface area contributed by atoms with Crippen LogP contribution in [-0.2, 0) is 30.7 Å². The second-order valence-corrected chi connectivity index (χ2v) is 9.68. The largest absolute Gasteiger partial charge is 0.340 e. The summed E-state index contributed by atoms with van der Waals surface area (Å²) in [5.74, 6) is 0.595. The van der Waals surface area contributed by atoms with Crippen molar-refractivity contribution >= 4 is 42.5 Å². The molecule has 0 bridgehead atoms. The minimum Gasteiger partial charge on any atom is -0.340 e. The third-order valence-electron chi connectivity index (χ3n) is 6.98. The van der Waals surface area contributed by atoms with Gasteiger partial charge in [-0.15, -0.1) is 0 Å². The molecule has 2 aliphatic rings. The number of halogens is 3. The number of imidazole rings is 1. The summed E-state index contributed by atoms with van der Waals surface area (Å²) in [6, 6.07) is 18.8. The van der Waals surface area contributed by atoms with Crippen LogP contribution >= 0.6 is 25.1 Å². The number of carbonyl (C=O) groups is 1. The molecule has 1 aliphatic heterocycles. The average molecular weight is 539 g/mol. The second-order valence-electron chi connectivity index (χ2n) is 9.27. The van der Waals surface area contributed by atoms with Crippen molar-refractivity contribution in [3.63, 3.8) is 0 Å². The van der Waals surface area contributed by atoms with Crippen LogP contribution in [0.3, 0.4) is 0 Å². The van der Waals surface area contributed by atoms with Crippen LogP contribution in [0.5, 0.6) is 0 Å². The smallest absolute Gasteiger partial charge is 0.226 e. The number of fused-ring (bicyclic) bond motifs is 2. The predicted octanol–water partition coefficient (Wildman–Crippen LogP) is 6.10. The van der Waals surface area contributed by atoms with Gasteiger partial charge >= 0.3 is 0 Å². The molecular weight excluding hydrogens is 514 g/mol. The molecular formula is C28H25ClF2N4OS. The van der Waals surface area contributed by atoms with E-state index in [2.05, 4.69) is 17.4 Å². The van der Waals surface area contributed by atoms with E-state index >= 15 is 0 Å². The third-order valence-corrected chi connectivity index (χ3v) is 7.29. The maximum Gasteiger partial charge on any atom is 0.226 e. The summed E-state index contributed by atoms with van der Waals surface area (Å²) >= 11 is 5.86. The van der Waals surface area contributed by atoms with Crippen LogP contribution in [0.2, 0.25) is 5.02 Å². The Bertz CT molecular complexity index is 1450. The van der Waals surface area contributed by atoms with Gasteiger partial charge in [0.1, 0.15) is 29.0 Å². The van der Waals surface area contributed by atoms with Crippen LogP contribution in [0.15, 0.2) is 66.7 Å². The molecule has 5 nitrogen and oxygen atoms in total. The number of hydrogen-bond acceptors (Lipinski definition) is 3. The quantitative estimate of drug-likeness (QED) is 0.342. The Morgan fingerprint density at radius 3 is 2.35 bits per heavy atom. The lowest BCUT2D eigenvalue weighted by molar-refractivity contribution is -0.136. The first-order valence-electron chi connectivity index (χ1n) is 11.9. The van der Waals surface area contributed by atoms with Gasteiger partial charge in [-0.1, -0.05) is 35.9 Å². The molecule has 0 unspecified atom stereocenters. The molecule has 3 aromatic carbocycles. The summed E-state index contributed by atoms with van der Waals surface area (Å²) in [6.07, 6.45) is 1.52. The molecule has 190 valence electrons. The lowest BCUT2D eigenvalue weighted by Gasteiger charge is -2.30. The van der Waals surface area contributed by atoms with Gasteiger partial charge in [0, 0.05) is 30.3 Å². The summed E-state index contributed by atoms with van der Waals surface area (Å²) in [7, 11) is 0. The zero-order valence-electron chi connectivity index (χ0n) is 19.8. The van der Waals surface area contributed by atoms with Gasteiger partial charge in [-0.05, 0) is 66.4 Å². The van der Waals surface area contributed by atoms with Crippen molar-refractivity contribution in [2.24, 2.45) is 5.92 Å². The maximum atomic E-state index is 14.1. The second kappa shape index (κ2) is 10.2. The van der Waals surface area contributed by atoms with Crippen LogP contribution in [0.1, 0.15) is 17.0 Å². The molecule has 6 rings (SSSR count). The van der Waals surface area contributed by atoms with E-state index in [1.165, 1.54) is 35.4 Å². The fraction of sp³-hybridized carbons (Fsp3) is 0.214. The first-order valence-corrected chi connectivity index (χ1v) is 12.3. The molecule has 37 heavy (non-hydrogen) atoms. The fourth-order valence-electron chi connectivity index (χ4n) is 5.16. The predicted molar refractivity (Wildman–Crippen MR) is 145 cm³/mol. The normalized spacial score (nSPS) is 14.6. The van der Waals surface area contributed by atoms with Crippen molar-refractivity contribution in [1.82, 2.24) is 14.5 Å². The van der Waals surface area contributed by atoms with Crippen molar-refractivity contribution < 1.29 is 13.6 Å². The Balaban J connectivity index is 0.00000280. The van der Waals surface area contributed by atoms with E-state index in [0.717, 1.165) is 24.2 Å². The van der Waals surface area contributed by atoms with Gasteiger partial charge in [0.05, 0.1) is 11.6 Å². The highest BCUT2D eigenvalue weighted by Gasteiger charge is 2.33. The van der Waals surface area contributed by atoms with Gasteiger partial charge in [0.15, 0.2) is 0 Å². The van der Waals surface area contributed by atoms with Crippen molar-refractivity contribution in [2.45, 2.75) is 25.9 Å². The summed E-state index contributed by atoms with van der Waals surface area (Å²) in [5.41, 5.74) is 4.34. The standard InChI is InChI=1S/C28H23ClF2N4O.H2S/c29-23-10-9-22(15-24(23)31)32-27-26(17-5-7-21(30)8-6-17)33-25-16-34(11-12-35(25)27)28(36)20-13-18-3-1-2-4-19(18)14-20;/h1-10,15,20,32H,11-14,16H2;1H2. The zero-order valence-corrected chi connectivity index (χ0v) is 21.6. The number of nitrogens with one attached hydrogen (secondary N) is 1. The van der Waals surface area contributed by atoms with Gasteiger partial charge in [-0.2, -0.15) is 13.5 Å². The van der Waals surface area contributed by atoms with E-state index < -0.39 is 5.82 Å². The van der Waals surface area contributed by atoms with E-state index in [1.54, 1.807) is 18.2 Å². The van der Waals surface area contributed by atoms with Gasteiger partial charge in [-0.25, -0.2) is 13.8 Å². The molecule has 1 amide bonds. The van der Waals surface area contributed by atoms with E-state index in [4.69, 9.17) is 16.6 Å². The molecule has 0 atom stereocenters. The molecule has 2 heterocycles. The highest BCUT2D eigenvalue weighted by molar-refractivity contribution is 7.59. The van der Waals surface area contributed by atoms with Gasteiger partial charge < -0.3 is 14.8 Å². The summed E-state index contributed by atoms with van der Waals surface area (Å²) in [5, 5.41) is 3.32. The lowest BCUT2D eigenvalue weighted by Crippen LogP contribution is -2.42. The van der Waals surface area contributed by atoms with Crippen LogP contribution in [0, 0.1) is 17.6 Å². The number of hydrogen-bond donors (Lipinski definition) is 1. The fourth-order valence-corrected chi connectivity index (χ4v) is 5.27. The number of rotatable bonds is 4. The van der Waals surface area contributed by atoms with E-state index in [0.29, 0.717) is 36.8 Å². The number of aromatic nitrogens is 2. The number of nitrogens with zero attached hydrogens (tertiary/aromatic N) is 3. The van der Waals surface area contributed by atoms with Crippen molar-refractivity contribution in [3.8, 4) is 11.3 Å². The Morgan fingerprint density at radius 1 is 0.973 bits per heavy atom. The zero-order chi connectivity index (χ0) is 24.8. The summed E-state index contributed by atoms with van der Waals surface area (Å²) in [4.78, 5) is 20.1. The van der Waals surface area contributed by atoms with Crippen LogP contribution < -0.4 is 5.32 Å². The SMILES string of the molecule is O=C(C1Cc2ccccc2C1)N1CCn2c(nc(-c3ccc(F)cc3)c2Nc2ccc(Cl)c(F)c2)C1.S. The molecule has 0 saturated heterocycles. The maximum absolute atomic E-state index is 14.1. The molecule has 0 radical (unpaired) electrons. The first kappa shape index (κ1) is 25.3. The number of amides is 1. The molecule has 9 heteroatoms. The van der Waals surface area contributed by atoms with E-state index in [9.17, 15) is 13.6 Å². The number of benzene rings is 3. The Kier molecular flexibility index (Phi) is 6.96. The van der Waals surface area contributed by atoms with Crippen molar-refractivity contribution in [2.75, 3.05) is 11.9 Å². The first-order chi connectivity index (χ1) is 17.5. The molecule has 0 fully saturated rings. The number of anilines is 2. The monoisotopic (exact) mass is 538 g/mol. The highest BCUT2D eigenvalue weighted by atomic mass is 35.5. The van der Waals surface area contributed by atoms with E-state index in [1.807, 2.05) is 21.6 Å². The summed E-state index contributed by atoms with van der Waals surface area (Å²) in [6.45, 7) is 1.45. The number of carbonyl (C=O) groups excluding carboxylic acids is 1. The Labute approximate surface area is 225 Å². The van der Waals surface area contributed by atoms with Gasteiger partial charge in [0.25, 0.3) is 0 Å². The average Bonchev–Trinajstić information content (AvgIpc) is 3.48. The highest BCUT2D eigenvalue weighted by Crippen LogP contribution is 2.35. The van der Waals surface area contributed by atoms with Crippen LogP contribution in [0.25, 0.3) is 11.3 Å². The minimum atomic E-state index is -0.530. The molecule has 0 saturated carbocycles. The molecule has 4 aromatic rings. The lowest BCUT2D eigenvalue weighted by atomic mass is 10.0. The van der Waals surface area contributed by atoms with Crippen LogP contribution in [-0.4, -0.2) is 26.9 Å². The van der Waals surface area contributed by atoms with Crippen molar-refractivity contribution in [1.29, 1.82) is 0 Å². The third kappa shape index (κ3) is 4.83. The van der Waals surface area contributed by atoms with E-state index in [-0.39, 0.29) is 36.2 Å². The topological polar surface area (TPSA) is 50.2 Å². The van der Waals surface area contributed by atoms with Gasteiger partial charge in [-0.3, -0.25) is 4.79 Å². The molecule has 1 aromatic heterocycles. The van der Waals surface area contributed by atoms with Gasteiger partial charge in [0.2, 0.25) is 5.91 Å². The Hall–Kier alpha value is -3.36. The molecule has 0 spiro atoms. The van der Waals surface area contributed by atoms with Crippen molar-refractivity contribution in [3.05, 3.63) is 100 Å². The summed E-state index contributed by atoms with van der Waals surface area (Å²) < 4.78 is 29.7. The molecule has 1 aliphatic carbocycles. The minimum absolute atomic E-state index is 0. The van der Waals surface area contributed by atoms with Crippen LogP contribution in [0.4, 0.5) is 20.3 Å².